The van der Waals surface area contributed by atoms with Crippen LogP contribution in [0.15, 0.2) is 59.7 Å². The molecule has 0 radical (unpaired) electrons. The van der Waals surface area contributed by atoms with Crippen molar-refractivity contribution >= 4 is 37.4 Å². The quantitative estimate of drug-likeness (QED) is 0.176. The van der Waals surface area contributed by atoms with Crippen molar-refractivity contribution in [2.24, 2.45) is 56.7 Å². The molecule has 8 nitrogen and oxygen atoms in total. The second-order valence-corrected chi connectivity index (χ2v) is 25.6. The number of carbonyl (C=O) groups is 1. The van der Waals surface area contributed by atoms with Gasteiger partial charge in [0, 0.05) is 31.7 Å². The summed E-state index contributed by atoms with van der Waals surface area (Å²) in [6.07, 6.45) is 18.4. The number of fused-ring (bicyclic) bond motifs is 8. The summed E-state index contributed by atoms with van der Waals surface area (Å²) in [5.41, 5.74) is 4.51. The first-order valence-corrected chi connectivity index (χ1v) is 26.9. The van der Waals surface area contributed by atoms with Gasteiger partial charge >= 0.3 is 5.97 Å². The lowest BCUT2D eigenvalue weighted by Crippen LogP contribution is -2.68. The van der Waals surface area contributed by atoms with Gasteiger partial charge in [-0.05, 0) is 177 Å². The topological polar surface area (TPSA) is 97.8 Å². The van der Waals surface area contributed by atoms with Crippen LogP contribution in [-0.4, -0.2) is 80.1 Å². The summed E-state index contributed by atoms with van der Waals surface area (Å²) in [7, 11) is -2.87. The highest BCUT2D eigenvalue weighted by atomic mass is 32.2. The lowest BCUT2D eigenvalue weighted by Gasteiger charge is -2.72. The highest BCUT2D eigenvalue weighted by Crippen LogP contribution is 2.76. The molecular formula is C52H75N3O5S2. The molecule has 2 heterocycles. The van der Waals surface area contributed by atoms with Gasteiger partial charge in [-0.15, -0.1) is 0 Å². The highest BCUT2D eigenvalue weighted by Gasteiger charge is 2.70. The van der Waals surface area contributed by atoms with Crippen LogP contribution in [0.2, 0.25) is 0 Å². The van der Waals surface area contributed by atoms with E-state index in [0.29, 0.717) is 79.5 Å². The van der Waals surface area contributed by atoms with E-state index in [2.05, 4.69) is 80.9 Å². The van der Waals surface area contributed by atoms with Crippen LogP contribution in [0.4, 0.5) is 0 Å². The van der Waals surface area contributed by atoms with E-state index < -0.39 is 15.3 Å². The average molecular weight is 886 g/mol. The van der Waals surface area contributed by atoms with E-state index in [-0.39, 0.29) is 39.8 Å². The minimum atomic E-state index is -2.87. The molecule has 0 spiro atoms. The van der Waals surface area contributed by atoms with Gasteiger partial charge in [0.25, 0.3) is 0 Å². The Labute approximate surface area is 377 Å². The summed E-state index contributed by atoms with van der Waals surface area (Å²) in [6.45, 7) is 25.9. The Morgan fingerprint density at radius 3 is 2.44 bits per heavy atom. The zero-order valence-electron chi connectivity index (χ0n) is 39.0. The molecule has 1 aromatic carbocycles. The third-order valence-electron chi connectivity index (χ3n) is 19.5. The molecule has 2 aromatic rings. The Bertz CT molecular complexity index is 2230. The van der Waals surface area contributed by atoms with Gasteiger partial charge in [-0.3, -0.25) is 4.79 Å². The first-order chi connectivity index (χ1) is 29.4. The van der Waals surface area contributed by atoms with Crippen molar-refractivity contribution in [1.82, 2.24) is 14.6 Å². The molecule has 1 N–H and O–H groups in total. The molecule has 340 valence electrons. The molecule has 1 aromatic heterocycles. The fourth-order valence-electron chi connectivity index (χ4n) is 16.0. The predicted molar refractivity (Wildman–Crippen MR) is 252 cm³/mol. The van der Waals surface area contributed by atoms with E-state index >= 15 is 0 Å². The number of sulfone groups is 1. The maximum Gasteiger partial charge on any atom is 0.315 e. The van der Waals surface area contributed by atoms with Crippen molar-refractivity contribution in [3.63, 3.8) is 0 Å². The summed E-state index contributed by atoms with van der Waals surface area (Å²) in [4.78, 5) is 16.1. The molecule has 0 bridgehead atoms. The number of allylic oxidation sites excluding steroid dienone is 5. The van der Waals surface area contributed by atoms with Crippen LogP contribution < -0.4 is 10.1 Å². The predicted octanol–water partition coefficient (Wildman–Crippen LogP) is 10.6. The lowest BCUT2D eigenvalue weighted by atomic mass is 9.33. The van der Waals surface area contributed by atoms with Crippen molar-refractivity contribution in [3.05, 3.63) is 59.7 Å². The number of aromatic nitrogens is 1. The molecule has 9 rings (SSSR count). The van der Waals surface area contributed by atoms with Crippen LogP contribution in [0.3, 0.4) is 0 Å². The van der Waals surface area contributed by atoms with Crippen LogP contribution >= 0.6 is 11.5 Å². The molecule has 5 fully saturated rings. The Kier molecular flexibility index (Phi) is 11.6. The number of hydrogen-bond acceptors (Lipinski definition) is 9. The lowest BCUT2D eigenvalue weighted by molar-refractivity contribution is -0.221. The summed E-state index contributed by atoms with van der Waals surface area (Å²) in [5.74, 6) is 4.14. The molecule has 1 unspecified atom stereocenters. The number of nitrogens with zero attached hydrogens (tertiary/aromatic N) is 2. The minimum Gasteiger partial charge on any atom is -0.475 e. The Morgan fingerprint density at radius 1 is 0.935 bits per heavy atom. The van der Waals surface area contributed by atoms with Gasteiger partial charge in [-0.2, -0.15) is 4.37 Å². The Morgan fingerprint density at radius 2 is 1.71 bits per heavy atom. The van der Waals surface area contributed by atoms with Gasteiger partial charge in [0.05, 0.1) is 28.2 Å². The second kappa shape index (κ2) is 16.1. The maximum absolute atomic E-state index is 13.7. The van der Waals surface area contributed by atoms with E-state index in [1.54, 1.807) is 0 Å². The molecule has 0 amide bonds. The maximum atomic E-state index is 13.7. The SMILES string of the molecule is C=C(C)[C@@H]1CC[C@]2(NCCN3CCS(=O)(=O)CC3)CC[C@]3(C)[C@H](CC[C@@H]4[C@@]5(C)CC=C(C6=CCC(COc7nsc8ccccc78)(C(=O)OCC)CC6)C(C)(C)[C@@H]5CC[C@]43C)[C@@H]12. The standard InChI is InChI=1S/C52H75N3O5S2/c1-9-59-46(56)51(34-60-45-38-12-10-11-13-41(38)61-54-45)23-16-36(17-24-51)39-19-21-48(6)42(47(39,4)5)20-22-50(8)43(48)15-14-40-44-37(35(2)3)18-25-52(44,27-26-49(40,50)7)53-28-29-55-30-32-62(57,58)33-31-55/h10-13,16,19,37,40,42-44,53H,2,9,14-15,17-18,20-34H2,1,3-8H3/t37-,40+,42-,43+,44+,48-,49+,50+,51?,52-/m0/s1. The first kappa shape index (κ1) is 44.7. The van der Waals surface area contributed by atoms with Gasteiger partial charge in [-0.25, -0.2) is 8.42 Å². The van der Waals surface area contributed by atoms with Crippen molar-refractivity contribution in [1.29, 1.82) is 0 Å². The fourth-order valence-corrected chi connectivity index (χ4v) is 18.0. The second-order valence-electron chi connectivity index (χ2n) is 22.5. The summed E-state index contributed by atoms with van der Waals surface area (Å²) < 4.78 is 42.1. The highest BCUT2D eigenvalue weighted by molar-refractivity contribution is 7.91. The molecular weight excluding hydrogens is 811 g/mol. The van der Waals surface area contributed by atoms with Gasteiger partial charge in [-0.1, -0.05) is 71.1 Å². The van der Waals surface area contributed by atoms with Gasteiger partial charge in [0.2, 0.25) is 5.88 Å². The summed E-state index contributed by atoms with van der Waals surface area (Å²) in [5, 5.41) is 5.24. The smallest absolute Gasteiger partial charge is 0.315 e. The fraction of sp³-hybridized carbons (Fsp3) is 0.731. The molecule has 7 aliphatic rings. The number of rotatable bonds is 11. The van der Waals surface area contributed by atoms with Crippen molar-refractivity contribution < 1.29 is 22.7 Å². The summed E-state index contributed by atoms with van der Waals surface area (Å²) in [6, 6.07) is 8.13. The van der Waals surface area contributed by atoms with Crippen molar-refractivity contribution in [3.8, 4) is 5.88 Å². The average Bonchev–Trinajstić information content (AvgIpc) is 3.83. The molecule has 4 saturated carbocycles. The zero-order chi connectivity index (χ0) is 43.9. The zero-order valence-corrected chi connectivity index (χ0v) is 40.6. The molecule has 10 heteroatoms. The van der Waals surface area contributed by atoms with E-state index in [9.17, 15) is 13.2 Å². The van der Waals surface area contributed by atoms with Crippen molar-refractivity contribution in [2.45, 2.75) is 131 Å². The number of ether oxygens (including phenoxy) is 2. The van der Waals surface area contributed by atoms with Crippen LogP contribution in [0, 0.1) is 56.7 Å². The number of esters is 1. The normalized spacial score (nSPS) is 40.0. The number of carbonyl (C=O) groups excluding carboxylic acids is 1. The first-order valence-electron chi connectivity index (χ1n) is 24.3. The number of benzene rings is 1. The van der Waals surface area contributed by atoms with Gasteiger partial charge in [0.1, 0.15) is 12.0 Å². The van der Waals surface area contributed by atoms with E-state index in [1.165, 1.54) is 79.6 Å². The van der Waals surface area contributed by atoms with Gasteiger partial charge < -0.3 is 19.7 Å². The molecule has 10 atom stereocenters. The number of hydrogen-bond donors (Lipinski definition) is 1. The third kappa shape index (κ3) is 7.12. The van der Waals surface area contributed by atoms with E-state index in [0.717, 1.165) is 36.0 Å². The molecule has 62 heavy (non-hydrogen) atoms. The van der Waals surface area contributed by atoms with Crippen LogP contribution in [-0.2, 0) is 19.4 Å². The minimum absolute atomic E-state index is 0.0263. The van der Waals surface area contributed by atoms with Crippen LogP contribution in [0.25, 0.3) is 10.1 Å². The van der Waals surface area contributed by atoms with Crippen molar-refractivity contribution in [2.75, 3.05) is 50.9 Å². The molecule has 6 aliphatic carbocycles. The third-order valence-corrected chi connectivity index (χ3v) is 21.9. The van der Waals surface area contributed by atoms with E-state index in [4.69, 9.17) is 9.47 Å². The van der Waals surface area contributed by atoms with Crippen LogP contribution in [0.5, 0.6) is 5.88 Å². The van der Waals surface area contributed by atoms with E-state index in [1.807, 2.05) is 25.1 Å². The molecule has 1 aliphatic heterocycles. The molecule has 1 saturated heterocycles. The monoisotopic (exact) mass is 886 g/mol. The van der Waals surface area contributed by atoms with Gasteiger partial charge in [0.15, 0.2) is 9.84 Å². The Hall–Kier alpha value is -2.53. The number of nitrogens with one attached hydrogen (secondary N) is 1. The van der Waals surface area contributed by atoms with Crippen LogP contribution in [0.1, 0.15) is 126 Å². The Balaban J connectivity index is 0.936. The summed E-state index contributed by atoms with van der Waals surface area (Å²) >= 11 is 1.44. The largest absolute Gasteiger partial charge is 0.475 e.